The number of nitrogens with one attached hydrogen (secondary N) is 3. The molecule has 2 aliphatic carbocycles. The number of piperazine rings is 1. The van der Waals surface area contributed by atoms with Crippen LogP contribution in [-0.2, 0) is 20.9 Å². The van der Waals surface area contributed by atoms with Gasteiger partial charge in [-0.2, -0.15) is 20.2 Å². The third-order valence-electron chi connectivity index (χ3n) is 19.0. The molecule has 15 rings (SSSR count). The summed E-state index contributed by atoms with van der Waals surface area (Å²) >= 11 is 1.53. The number of pyridine rings is 1. The van der Waals surface area contributed by atoms with Crippen LogP contribution in [0.25, 0.3) is 65.2 Å². The summed E-state index contributed by atoms with van der Waals surface area (Å²) in [4.78, 5) is 68.8. The molecule has 9 aromatic rings. The number of ether oxygens (including phenoxy) is 3. The van der Waals surface area contributed by atoms with E-state index in [9.17, 15) is 24.6 Å². The standard InChI is InChI=1S/C65H69FN12O8S/c1-32(2)58(64(83)77-27-42(80)21-53(77)62(81)70-52(29-79)37-8-10-38(11-9-37)60-34(4)67-31-87-60)78-28-48-44-14-5-35(19-50(44)69-63(82)57(48)74-78)30-85-59-55(54-33(3)49(66)23-51-47(54)24-68-73-51)45(36-6-7-36)22-46-56(59)71-65(86-43-15-17-84-18-16-43)72-61(46)76-26-40-20-41(76)25-75(40)39-12-13-39/h5,8-11,14,19,22-24,28,31-32,36,39-43,52-53,58,79-80H,6-7,12-13,15-18,20-21,25-27,29-30H2,1-4H3,(H,68,73)(H,69,82)(H,70,81)/t40-,41-,42+,52-,53-,58-/m0/s1. The van der Waals surface area contributed by atoms with Gasteiger partial charge in [0.15, 0.2) is 11.3 Å². The van der Waals surface area contributed by atoms with Gasteiger partial charge in [0.05, 0.1) is 59.8 Å². The van der Waals surface area contributed by atoms with Crippen molar-refractivity contribution < 1.29 is 38.4 Å². The molecule has 2 bridgehead atoms. The monoisotopic (exact) mass is 1200 g/mol. The number of likely N-dealkylation sites (tertiary alicyclic amines) is 2. The van der Waals surface area contributed by atoms with Crippen LogP contribution >= 0.6 is 11.3 Å². The van der Waals surface area contributed by atoms with E-state index in [1.807, 2.05) is 63.2 Å². The number of hydrogen-bond donors (Lipinski definition) is 5. The van der Waals surface area contributed by atoms with Crippen LogP contribution in [0.2, 0.25) is 0 Å². The van der Waals surface area contributed by atoms with Gasteiger partial charge in [-0.3, -0.25) is 29.1 Å². The predicted molar refractivity (Wildman–Crippen MR) is 327 cm³/mol. The average Bonchev–Trinajstić information content (AvgIpc) is 1.75. The van der Waals surface area contributed by atoms with Crippen molar-refractivity contribution in [3.05, 3.63) is 117 Å². The number of nitrogens with zero attached hydrogens (tertiary/aromatic N) is 9. The largest absolute Gasteiger partial charge is 0.486 e. The van der Waals surface area contributed by atoms with Gasteiger partial charge in [-0.1, -0.05) is 50.2 Å². The minimum Gasteiger partial charge on any atom is -0.486 e. The summed E-state index contributed by atoms with van der Waals surface area (Å²) in [6, 6.07) is 15.9. The highest BCUT2D eigenvalue weighted by Crippen LogP contribution is 2.54. The van der Waals surface area contributed by atoms with Crippen molar-refractivity contribution in [3.8, 4) is 33.3 Å². The Labute approximate surface area is 504 Å². The summed E-state index contributed by atoms with van der Waals surface area (Å²) in [6.07, 6.45) is 9.23. The molecule has 20 nitrogen and oxygen atoms in total. The molecule has 4 aliphatic heterocycles. The first-order valence-electron chi connectivity index (χ1n) is 30.6. The number of aryl methyl sites for hydroxylation is 1. The number of carbonyl (C=O) groups is 2. The van der Waals surface area contributed by atoms with Gasteiger partial charge in [-0.05, 0) is 104 Å². The lowest BCUT2D eigenvalue weighted by atomic mass is 9.88. The molecule has 5 aromatic heterocycles. The Morgan fingerprint density at radius 1 is 0.885 bits per heavy atom. The quantitative estimate of drug-likeness (QED) is 0.0573. The Morgan fingerprint density at radius 3 is 2.43 bits per heavy atom. The van der Waals surface area contributed by atoms with E-state index in [2.05, 4.69) is 41.3 Å². The van der Waals surface area contributed by atoms with Crippen molar-refractivity contribution in [2.45, 2.75) is 140 Å². The van der Waals surface area contributed by atoms with Crippen LogP contribution in [0.5, 0.6) is 11.8 Å². The molecule has 6 aliphatic rings. The fourth-order valence-electron chi connectivity index (χ4n) is 14.2. The summed E-state index contributed by atoms with van der Waals surface area (Å²) < 4.78 is 37.5. The van der Waals surface area contributed by atoms with Gasteiger partial charge in [-0.25, -0.2) is 9.37 Å². The predicted octanol–water partition coefficient (Wildman–Crippen LogP) is 8.69. The van der Waals surface area contributed by atoms with Gasteiger partial charge in [-0.15, -0.1) is 11.3 Å². The first-order valence-corrected chi connectivity index (χ1v) is 31.5. The van der Waals surface area contributed by atoms with E-state index in [0.29, 0.717) is 87.9 Å². The zero-order chi connectivity index (χ0) is 59.5. The van der Waals surface area contributed by atoms with E-state index in [1.54, 1.807) is 24.8 Å². The summed E-state index contributed by atoms with van der Waals surface area (Å²) in [6.45, 7) is 10.0. The molecule has 9 heterocycles. The molecule has 4 aromatic carbocycles. The third kappa shape index (κ3) is 10.1. The number of fused-ring (bicyclic) bond motifs is 7. The number of aliphatic hydroxyl groups excluding tert-OH is 2. The molecule has 4 saturated heterocycles. The Balaban J connectivity index is 0.765. The summed E-state index contributed by atoms with van der Waals surface area (Å²) in [7, 11) is 0. The van der Waals surface area contributed by atoms with E-state index >= 15 is 4.39 Å². The van der Waals surface area contributed by atoms with Crippen LogP contribution in [0.15, 0.2) is 77.3 Å². The Kier molecular flexibility index (Phi) is 14.1. The highest BCUT2D eigenvalue weighted by molar-refractivity contribution is 7.13. The molecule has 0 spiro atoms. The number of hydrogen-bond acceptors (Lipinski definition) is 16. The number of anilines is 1. The molecule has 6 fully saturated rings. The number of rotatable bonds is 17. The number of amides is 2. The van der Waals surface area contributed by atoms with Gasteiger partial charge in [0.2, 0.25) is 11.8 Å². The summed E-state index contributed by atoms with van der Waals surface area (Å²) in [5, 5.41) is 39.5. The number of H-pyrrole nitrogens is 2. The van der Waals surface area contributed by atoms with E-state index in [-0.39, 0.29) is 67.5 Å². The molecule has 22 heteroatoms. The fraction of sp³-hybridized carbons (Fsp3) is 0.446. The first-order chi connectivity index (χ1) is 42.2. The number of halogens is 1. The zero-order valence-corrected chi connectivity index (χ0v) is 49.8. The zero-order valence-electron chi connectivity index (χ0n) is 49.0. The van der Waals surface area contributed by atoms with Crippen molar-refractivity contribution in [3.63, 3.8) is 0 Å². The molecule has 87 heavy (non-hydrogen) atoms. The van der Waals surface area contributed by atoms with Crippen LogP contribution in [0.1, 0.15) is 111 Å². The minimum absolute atomic E-state index is 0.00325. The van der Waals surface area contributed by atoms with Crippen molar-refractivity contribution in [1.29, 1.82) is 0 Å². The molecule has 6 atom stereocenters. The van der Waals surface area contributed by atoms with Gasteiger partial charge < -0.3 is 44.5 Å². The topological polar surface area (TPSA) is 242 Å². The average molecular weight is 1200 g/mol. The number of aliphatic hydroxyl groups is 2. The molecular formula is C65H69FN12O8S. The second-order valence-corrected chi connectivity index (χ2v) is 26.0. The number of β-amino-alcohol motifs (C(OH)–C–C–N with tert-alkyl or cyclic N) is 1. The molecule has 0 unspecified atom stereocenters. The number of thiazole rings is 1. The smallest absolute Gasteiger partial charge is 0.319 e. The van der Waals surface area contributed by atoms with E-state index in [1.165, 1.54) is 39.8 Å². The number of benzene rings is 4. The van der Waals surface area contributed by atoms with Crippen molar-refractivity contribution in [2.24, 2.45) is 5.92 Å². The molecule has 450 valence electrons. The minimum atomic E-state index is -1.04. The van der Waals surface area contributed by atoms with Crippen LogP contribution in [0.3, 0.4) is 0 Å². The van der Waals surface area contributed by atoms with E-state index in [4.69, 9.17) is 29.3 Å². The second-order valence-electron chi connectivity index (χ2n) is 25.1. The number of aromatic amines is 2. The van der Waals surface area contributed by atoms with Gasteiger partial charge in [0.1, 0.15) is 41.9 Å². The summed E-state index contributed by atoms with van der Waals surface area (Å²) in [5.41, 5.74) is 9.34. The Morgan fingerprint density at radius 2 is 1.70 bits per heavy atom. The highest BCUT2D eigenvalue weighted by atomic mass is 32.1. The lowest BCUT2D eigenvalue weighted by Crippen LogP contribution is -2.50. The first kappa shape index (κ1) is 55.7. The lowest BCUT2D eigenvalue weighted by molar-refractivity contribution is -0.142. The highest BCUT2D eigenvalue weighted by Gasteiger charge is 2.50. The van der Waals surface area contributed by atoms with Crippen LogP contribution < -0.4 is 25.2 Å². The second kappa shape index (κ2) is 22.1. The summed E-state index contributed by atoms with van der Waals surface area (Å²) in [5.74, 6) is -0.193. The lowest BCUT2D eigenvalue weighted by Gasteiger charge is -2.36. The molecule has 0 radical (unpaired) electrons. The Hall–Kier alpha value is -7.89. The number of carbonyl (C=O) groups excluding carboxylic acids is 2. The molecule has 5 N–H and O–H groups in total. The molecule has 2 saturated carbocycles. The normalized spacial score (nSPS) is 21.6. The number of aromatic nitrogens is 8. The van der Waals surface area contributed by atoms with Gasteiger partial charge in [0.25, 0.3) is 5.56 Å². The maximum absolute atomic E-state index is 16.3. The van der Waals surface area contributed by atoms with Crippen LogP contribution in [0, 0.1) is 25.6 Å². The van der Waals surface area contributed by atoms with Crippen molar-refractivity contribution in [2.75, 3.05) is 44.4 Å². The Bertz CT molecular complexity index is 4250. The van der Waals surface area contributed by atoms with Gasteiger partial charge in [0, 0.05) is 101 Å². The maximum Gasteiger partial charge on any atom is 0.319 e. The van der Waals surface area contributed by atoms with E-state index < -0.39 is 41.6 Å². The molecule has 2 amide bonds. The fourth-order valence-corrected chi connectivity index (χ4v) is 15.0. The van der Waals surface area contributed by atoms with Gasteiger partial charge >= 0.3 is 6.01 Å². The van der Waals surface area contributed by atoms with Crippen LogP contribution in [0.4, 0.5) is 10.2 Å². The SMILES string of the molecule is Cc1ncsc1-c1ccc([C@H](CO)NC(=O)[C@@H]2C[C@@H](O)CN2C(=O)[C@H](C(C)C)n2cc3c(n2)c(=O)[nH]c2cc(COc4c(-c5c(C)c(F)cc6[nH]ncc56)c(C5CC5)cc5c(N6C[C@@H]7C[C@H]6CN7C6CC6)nc(OC6CCOCC6)nc45)ccc23)cc1. The van der Waals surface area contributed by atoms with Crippen molar-refractivity contribution in [1.82, 2.24) is 55.0 Å². The third-order valence-corrected chi connectivity index (χ3v) is 19.9. The van der Waals surface area contributed by atoms with E-state index in [0.717, 1.165) is 81.8 Å². The molecular weight excluding hydrogens is 1130 g/mol. The maximum atomic E-state index is 16.3. The van der Waals surface area contributed by atoms with Crippen molar-refractivity contribution >= 4 is 72.6 Å². The van der Waals surface area contributed by atoms with Crippen LogP contribution in [-0.4, -0.2) is 148 Å².